The van der Waals surface area contributed by atoms with Gasteiger partial charge in [-0.05, 0) is 86.7 Å². The molecule has 0 bridgehead atoms. The summed E-state index contributed by atoms with van der Waals surface area (Å²) in [6.45, 7) is 6.08. The van der Waals surface area contributed by atoms with Gasteiger partial charge in [0.1, 0.15) is 0 Å². The number of aliphatic hydroxyl groups excluding tert-OH is 1. The van der Waals surface area contributed by atoms with Crippen molar-refractivity contribution in [2.45, 2.75) is 75.9 Å². The fourth-order valence-corrected chi connectivity index (χ4v) is 8.67. The van der Waals surface area contributed by atoms with E-state index in [1.54, 1.807) is 42.3 Å². The minimum absolute atomic E-state index is 0.0187. The minimum Gasteiger partial charge on any atom is -0.399 e. The highest BCUT2D eigenvalue weighted by Crippen LogP contribution is 2.47. The number of nitrogens with one attached hydrogen (secondary N) is 1. The van der Waals surface area contributed by atoms with Gasteiger partial charge in [-0.15, -0.1) is 0 Å². The van der Waals surface area contributed by atoms with Gasteiger partial charge < -0.3 is 29.9 Å². The maximum atomic E-state index is 15.4. The lowest BCUT2D eigenvalue weighted by molar-refractivity contribution is -0.135. The molecule has 0 aliphatic carbocycles. The van der Waals surface area contributed by atoms with Crippen molar-refractivity contribution in [2.75, 3.05) is 24.2 Å². The molecule has 206 valence electrons. The molecule has 2 aromatic carbocycles. The highest BCUT2D eigenvalue weighted by Gasteiger charge is 2.52. The SMILES string of the molecule is C[C@H]1[C@H]([Si](C)(C)F)[C@@H](CC(=O)N2CCC[C@H]2CO)O[C@H]1CCc1ccc(NC(=O)c2ccc(N)cc2)cc1. The number of likely N-dealkylation sites (tertiary alicyclic amines) is 1. The molecule has 2 aliphatic heterocycles. The monoisotopic (exact) mass is 541 g/mol. The maximum Gasteiger partial charge on any atom is 0.255 e. The molecule has 5 atom stereocenters. The number of amides is 2. The van der Waals surface area contributed by atoms with E-state index in [4.69, 9.17) is 10.5 Å². The Balaban J connectivity index is 1.35. The van der Waals surface area contributed by atoms with E-state index in [-0.39, 0.29) is 48.4 Å². The second-order valence-electron chi connectivity index (χ2n) is 11.2. The van der Waals surface area contributed by atoms with Crippen molar-refractivity contribution in [3.05, 3.63) is 59.7 Å². The molecule has 9 heteroatoms. The van der Waals surface area contributed by atoms with Gasteiger partial charge in [-0.25, -0.2) is 0 Å². The quantitative estimate of drug-likeness (QED) is 0.241. The molecule has 7 nitrogen and oxygen atoms in total. The van der Waals surface area contributed by atoms with Gasteiger partial charge >= 0.3 is 0 Å². The summed E-state index contributed by atoms with van der Waals surface area (Å²) in [4.78, 5) is 27.2. The number of aryl methyl sites for hydroxylation is 1. The Morgan fingerprint density at radius 3 is 2.45 bits per heavy atom. The van der Waals surface area contributed by atoms with E-state index in [0.717, 1.165) is 31.2 Å². The molecule has 0 aromatic heterocycles. The molecule has 2 fully saturated rings. The predicted molar refractivity (Wildman–Crippen MR) is 150 cm³/mol. The lowest BCUT2D eigenvalue weighted by Gasteiger charge is -2.30. The van der Waals surface area contributed by atoms with Crippen molar-refractivity contribution in [1.82, 2.24) is 4.90 Å². The molecule has 0 saturated carbocycles. The number of nitrogens with two attached hydrogens (primary N) is 1. The number of benzene rings is 2. The largest absolute Gasteiger partial charge is 0.399 e. The Kier molecular flexibility index (Phi) is 8.90. The van der Waals surface area contributed by atoms with Crippen molar-refractivity contribution in [3.8, 4) is 0 Å². The Morgan fingerprint density at radius 1 is 1.13 bits per heavy atom. The van der Waals surface area contributed by atoms with Crippen LogP contribution in [0.4, 0.5) is 15.5 Å². The number of anilines is 2. The standard InChI is InChI=1S/C29H40FN3O4Si/c1-19-25(37-26(28(19)38(2,3)30)17-27(35)33-16-4-5-24(33)18-34)15-8-20-6-13-23(14-7-20)32-29(36)21-9-11-22(31)12-10-21/h6-7,9-14,19,24-26,28,34H,4-5,8,15-18,31H2,1-3H3,(H,32,36)/t19-,24+,25+,26-,28+/m1/s1. The number of hydrogen-bond donors (Lipinski definition) is 3. The third-order valence-corrected chi connectivity index (χ3v) is 10.6. The van der Waals surface area contributed by atoms with Crippen LogP contribution in [-0.4, -0.2) is 61.6 Å². The van der Waals surface area contributed by atoms with Crippen molar-refractivity contribution in [1.29, 1.82) is 0 Å². The first kappa shape index (κ1) is 28.3. The van der Waals surface area contributed by atoms with Crippen LogP contribution in [0.25, 0.3) is 0 Å². The second kappa shape index (κ2) is 12.0. The van der Waals surface area contributed by atoms with Gasteiger partial charge in [0, 0.05) is 29.0 Å². The first-order valence-electron chi connectivity index (χ1n) is 13.6. The van der Waals surface area contributed by atoms with Crippen LogP contribution in [-0.2, 0) is 16.0 Å². The molecule has 4 N–H and O–H groups in total. The van der Waals surface area contributed by atoms with Crippen LogP contribution in [0, 0.1) is 5.92 Å². The number of carbonyl (C=O) groups is 2. The summed E-state index contributed by atoms with van der Waals surface area (Å²) in [5.74, 6) is -0.223. The van der Waals surface area contributed by atoms with Gasteiger partial charge in [-0.1, -0.05) is 19.1 Å². The Bertz CT molecular complexity index is 1110. The highest BCUT2D eigenvalue weighted by atomic mass is 28.4. The third kappa shape index (κ3) is 6.62. The van der Waals surface area contributed by atoms with E-state index in [0.29, 0.717) is 23.5 Å². The van der Waals surface area contributed by atoms with E-state index in [1.807, 2.05) is 24.3 Å². The zero-order chi connectivity index (χ0) is 27.4. The van der Waals surface area contributed by atoms with E-state index in [9.17, 15) is 14.7 Å². The average molecular weight is 542 g/mol. The average Bonchev–Trinajstić information content (AvgIpc) is 3.48. The number of aliphatic hydroxyl groups is 1. The number of carbonyl (C=O) groups excluding carboxylic acids is 2. The van der Waals surface area contributed by atoms with Gasteiger partial charge in [0.15, 0.2) is 0 Å². The molecule has 2 saturated heterocycles. The molecule has 0 radical (unpaired) electrons. The molecule has 4 rings (SSSR count). The Hall–Kier alpha value is -2.75. The summed E-state index contributed by atoms with van der Waals surface area (Å²) in [5.41, 5.74) is 8.38. The number of ether oxygens (including phenoxy) is 1. The van der Waals surface area contributed by atoms with Crippen molar-refractivity contribution >= 4 is 31.6 Å². The highest BCUT2D eigenvalue weighted by molar-refractivity contribution is 6.72. The predicted octanol–water partition coefficient (Wildman–Crippen LogP) is 4.78. The van der Waals surface area contributed by atoms with Gasteiger partial charge in [0.2, 0.25) is 14.3 Å². The molecule has 0 spiro atoms. The molecule has 2 aromatic rings. The molecule has 2 heterocycles. The summed E-state index contributed by atoms with van der Waals surface area (Å²) < 4.78 is 21.8. The first-order chi connectivity index (χ1) is 18.1. The molecular formula is C29H40FN3O4Si. The number of nitrogen functional groups attached to an aromatic ring is 1. The van der Waals surface area contributed by atoms with Crippen molar-refractivity contribution in [2.24, 2.45) is 5.92 Å². The lowest BCUT2D eigenvalue weighted by atomic mass is 9.95. The summed E-state index contributed by atoms with van der Waals surface area (Å²) in [6, 6.07) is 14.3. The number of halogens is 1. The number of hydrogen-bond acceptors (Lipinski definition) is 5. The topological polar surface area (TPSA) is 105 Å². The molecule has 2 amide bonds. The van der Waals surface area contributed by atoms with Gasteiger partial charge in [0.25, 0.3) is 5.91 Å². The van der Waals surface area contributed by atoms with Crippen LogP contribution >= 0.6 is 0 Å². The van der Waals surface area contributed by atoms with Crippen LogP contribution < -0.4 is 11.1 Å². The van der Waals surface area contributed by atoms with Crippen LogP contribution in [0.5, 0.6) is 0 Å². The summed E-state index contributed by atoms with van der Waals surface area (Å²) in [5, 5.41) is 12.5. The fourth-order valence-electron chi connectivity index (χ4n) is 6.12. The third-order valence-electron chi connectivity index (χ3n) is 8.08. The lowest BCUT2D eigenvalue weighted by Crippen LogP contribution is -2.42. The van der Waals surface area contributed by atoms with Crippen molar-refractivity contribution < 1.29 is 23.5 Å². The Labute approximate surface area is 225 Å². The van der Waals surface area contributed by atoms with Crippen LogP contribution in [0.1, 0.15) is 48.5 Å². The van der Waals surface area contributed by atoms with Gasteiger partial charge in [-0.2, -0.15) is 0 Å². The van der Waals surface area contributed by atoms with E-state index < -0.39 is 14.5 Å². The maximum absolute atomic E-state index is 15.4. The zero-order valence-corrected chi connectivity index (χ0v) is 23.5. The summed E-state index contributed by atoms with van der Waals surface area (Å²) in [7, 11) is -3.08. The van der Waals surface area contributed by atoms with E-state index in [1.165, 1.54) is 0 Å². The van der Waals surface area contributed by atoms with E-state index in [2.05, 4.69) is 12.2 Å². The second-order valence-corrected chi connectivity index (χ2v) is 15.0. The Morgan fingerprint density at radius 2 is 1.82 bits per heavy atom. The molecular weight excluding hydrogens is 501 g/mol. The molecule has 0 unspecified atom stereocenters. The normalized spacial score (nSPS) is 25.5. The fraction of sp³-hybridized carbons (Fsp3) is 0.517. The van der Waals surface area contributed by atoms with Crippen LogP contribution in [0.2, 0.25) is 18.6 Å². The number of rotatable bonds is 9. The van der Waals surface area contributed by atoms with Gasteiger partial charge in [-0.3, -0.25) is 9.59 Å². The molecule has 38 heavy (non-hydrogen) atoms. The summed E-state index contributed by atoms with van der Waals surface area (Å²) in [6.07, 6.45) is 2.79. The smallest absolute Gasteiger partial charge is 0.255 e. The van der Waals surface area contributed by atoms with Crippen LogP contribution in [0.3, 0.4) is 0 Å². The molecule has 2 aliphatic rings. The van der Waals surface area contributed by atoms with Crippen molar-refractivity contribution in [3.63, 3.8) is 0 Å². The first-order valence-corrected chi connectivity index (χ1v) is 16.5. The zero-order valence-electron chi connectivity index (χ0n) is 22.5. The number of nitrogens with zero attached hydrogens (tertiary/aromatic N) is 1. The van der Waals surface area contributed by atoms with Crippen LogP contribution in [0.15, 0.2) is 48.5 Å². The van der Waals surface area contributed by atoms with E-state index >= 15 is 4.11 Å². The minimum atomic E-state index is -3.08. The van der Waals surface area contributed by atoms with Gasteiger partial charge in [0.05, 0.1) is 31.3 Å². The summed E-state index contributed by atoms with van der Waals surface area (Å²) >= 11 is 0.